The van der Waals surface area contributed by atoms with Gasteiger partial charge in [-0.25, -0.2) is 9.78 Å². The van der Waals surface area contributed by atoms with Crippen molar-refractivity contribution in [2.45, 2.75) is 39.4 Å². The number of hydrogen-bond acceptors (Lipinski definition) is 4. The van der Waals surface area contributed by atoms with Crippen LogP contribution in [0.25, 0.3) is 11.5 Å². The second kappa shape index (κ2) is 7.70. The van der Waals surface area contributed by atoms with E-state index in [2.05, 4.69) is 10.3 Å². The van der Waals surface area contributed by atoms with Crippen LogP contribution in [0.5, 0.6) is 0 Å². The fourth-order valence-electron chi connectivity index (χ4n) is 3.00. The van der Waals surface area contributed by atoms with Gasteiger partial charge in [0.15, 0.2) is 0 Å². The van der Waals surface area contributed by atoms with Crippen molar-refractivity contribution in [1.82, 2.24) is 15.2 Å². The van der Waals surface area contributed by atoms with Crippen LogP contribution < -0.4 is 5.32 Å². The molecule has 2 heterocycles. The third-order valence-electron chi connectivity index (χ3n) is 4.21. The van der Waals surface area contributed by atoms with E-state index in [0.717, 1.165) is 11.3 Å². The summed E-state index contributed by atoms with van der Waals surface area (Å²) >= 11 is 0. The lowest BCUT2D eigenvalue weighted by Gasteiger charge is -2.35. The Bertz CT molecular complexity index is 701. The van der Waals surface area contributed by atoms with Crippen molar-refractivity contribution in [3.63, 3.8) is 0 Å². The standard InChI is InChI=1S/C19H25N3O3/c1-13-4-6-16(7-5-13)18-21-17(12-24-18)8-9-20-19(23)22-10-14(2)25-15(3)11-22/h4-7,12,14-15H,8-11H2,1-3H3,(H,20,23)/t14-,15-/m0/s1. The molecule has 2 atom stereocenters. The van der Waals surface area contributed by atoms with Gasteiger partial charge in [0.1, 0.15) is 6.26 Å². The number of ether oxygens (including phenoxy) is 1. The number of urea groups is 1. The maximum atomic E-state index is 12.3. The minimum Gasteiger partial charge on any atom is -0.444 e. The summed E-state index contributed by atoms with van der Waals surface area (Å²) in [4.78, 5) is 18.6. The van der Waals surface area contributed by atoms with E-state index < -0.39 is 0 Å². The predicted octanol–water partition coefficient (Wildman–Crippen LogP) is 3.01. The topological polar surface area (TPSA) is 67.6 Å². The molecular weight excluding hydrogens is 318 g/mol. The molecule has 0 spiro atoms. The summed E-state index contributed by atoms with van der Waals surface area (Å²) in [6, 6.07) is 8.00. The van der Waals surface area contributed by atoms with Gasteiger partial charge in [-0.15, -0.1) is 0 Å². The smallest absolute Gasteiger partial charge is 0.317 e. The lowest BCUT2D eigenvalue weighted by Crippen LogP contribution is -2.51. The minimum absolute atomic E-state index is 0.0516. The van der Waals surface area contributed by atoms with Crippen molar-refractivity contribution in [3.05, 3.63) is 41.8 Å². The summed E-state index contributed by atoms with van der Waals surface area (Å²) in [6.45, 7) is 7.79. The molecule has 1 fully saturated rings. The monoisotopic (exact) mass is 343 g/mol. The largest absolute Gasteiger partial charge is 0.444 e. The molecule has 0 unspecified atom stereocenters. The average molecular weight is 343 g/mol. The van der Waals surface area contributed by atoms with Gasteiger partial charge in [-0.05, 0) is 32.9 Å². The molecule has 6 nitrogen and oxygen atoms in total. The summed E-state index contributed by atoms with van der Waals surface area (Å²) in [5.41, 5.74) is 2.99. The first-order valence-electron chi connectivity index (χ1n) is 8.71. The number of hydrogen-bond donors (Lipinski definition) is 1. The van der Waals surface area contributed by atoms with Gasteiger partial charge in [0, 0.05) is 31.6 Å². The van der Waals surface area contributed by atoms with Crippen molar-refractivity contribution >= 4 is 6.03 Å². The van der Waals surface area contributed by atoms with E-state index in [-0.39, 0.29) is 18.2 Å². The Morgan fingerprint density at radius 2 is 1.92 bits per heavy atom. The van der Waals surface area contributed by atoms with Crippen LogP contribution in [0.3, 0.4) is 0 Å². The lowest BCUT2D eigenvalue weighted by molar-refractivity contribution is -0.0544. The molecule has 3 rings (SSSR count). The molecular formula is C19H25N3O3. The Morgan fingerprint density at radius 3 is 2.60 bits per heavy atom. The number of amides is 2. The summed E-state index contributed by atoms with van der Waals surface area (Å²) in [5.74, 6) is 0.608. The first-order valence-corrected chi connectivity index (χ1v) is 8.71. The van der Waals surface area contributed by atoms with E-state index in [1.54, 1.807) is 11.2 Å². The number of aryl methyl sites for hydroxylation is 1. The first-order chi connectivity index (χ1) is 12.0. The predicted molar refractivity (Wildman–Crippen MR) is 95.4 cm³/mol. The van der Waals surface area contributed by atoms with Crippen LogP contribution in [0.1, 0.15) is 25.1 Å². The highest BCUT2D eigenvalue weighted by atomic mass is 16.5. The third-order valence-corrected chi connectivity index (χ3v) is 4.21. The highest BCUT2D eigenvalue weighted by Gasteiger charge is 2.25. The van der Waals surface area contributed by atoms with Crippen molar-refractivity contribution in [3.8, 4) is 11.5 Å². The number of carbonyl (C=O) groups is 1. The SMILES string of the molecule is Cc1ccc(-c2nc(CCNC(=O)N3C[C@H](C)O[C@@H](C)C3)co2)cc1. The van der Waals surface area contributed by atoms with Crippen LogP contribution in [0.15, 0.2) is 34.9 Å². The van der Waals surface area contributed by atoms with Crippen molar-refractivity contribution in [2.75, 3.05) is 19.6 Å². The molecule has 1 aromatic carbocycles. The van der Waals surface area contributed by atoms with Crippen molar-refractivity contribution in [1.29, 1.82) is 0 Å². The third kappa shape index (κ3) is 4.60. The zero-order valence-electron chi connectivity index (χ0n) is 15.0. The Kier molecular flexibility index (Phi) is 5.38. The van der Waals surface area contributed by atoms with E-state index in [0.29, 0.717) is 31.9 Å². The van der Waals surface area contributed by atoms with E-state index in [1.807, 2.05) is 45.0 Å². The normalized spacial score (nSPS) is 20.5. The molecule has 2 amide bonds. The number of benzene rings is 1. The Hall–Kier alpha value is -2.34. The summed E-state index contributed by atoms with van der Waals surface area (Å²) in [5, 5.41) is 2.95. The maximum Gasteiger partial charge on any atom is 0.317 e. The van der Waals surface area contributed by atoms with Gasteiger partial charge in [-0.3, -0.25) is 0 Å². The van der Waals surface area contributed by atoms with Gasteiger partial charge in [-0.1, -0.05) is 17.7 Å². The van der Waals surface area contributed by atoms with E-state index in [9.17, 15) is 4.79 Å². The van der Waals surface area contributed by atoms with Gasteiger partial charge in [0.05, 0.1) is 17.9 Å². The number of nitrogens with zero attached hydrogens (tertiary/aromatic N) is 2. The van der Waals surface area contributed by atoms with E-state index in [4.69, 9.17) is 9.15 Å². The number of rotatable bonds is 4. The van der Waals surface area contributed by atoms with Gasteiger partial charge in [-0.2, -0.15) is 0 Å². The molecule has 1 N–H and O–H groups in total. The Morgan fingerprint density at radius 1 is 1.24 bits per heavy atom. The molecule has 0 radical (unpaired) electrons. The molecule has 0 aliphatic carbocycles. The van der Waals surface area contributed by atoms with Crippen molar-refractivity contribution < 1.29 is 13.9 Å². The first kappa shape index (κ1) is 17.5. The molecule has 0 saturated carbocycles. The fourth-order valence-corrected chi connectivity index (χ4v) is 3.00. The Balaban J connectivity index is 1.49. The number of nitrogens with one attached hydrogen (secondary N) is 1. The van der Waals surface area contributed by atoms with Crippen LogP contribution in [0, 0.1) is 6.92 Å². The quantitative estimate of drug-likeness (QED) is 0.927. The summed E-state index contributed by atoms with van der Waals surface area (Å²) < 4.78 is 11.2. The van der Waals surface area contributed by atoms with Crippen LogP contribution >= 0.6 is 0 Å². The van der Waals surface area contributed by atoms with Crippen LogP contribution in [-0.4, -0.2) is 47.8 Å². The molecule has 1 aliphatic heterocycles. The highest BCUT2D eigenvalue weighted by Crippen LogP contribution is 2.19. The minimum atomic E-state index is -0.0516. The molecule has 6 heteroatoms. The molecule has 134 valence electrons. The molecule has 2 aromatic rings. The average Bonchev–Trinajstić information content (AvgIpc) is 3.03. The zero-order valence-corrected chi connectivity index (χ0v) is 15.0. The van der Waals surface area contributed by atoms with Gasteiger partial charge < -0.3 is 19.4 Å². The Labute approximate surface area is 148 Å². The van der Waals surface area contributed by atoms with Gasteiger partial charge in [0.2, 0.25) is 5.89 Å². The molecule has 1 saturated heterocycles. The maximum absolute atomic E-state index is 12.3. The molecule has 0 bridgehead atoms. The van der Waals surface area contributed by atoms with Crippen LogP contribution in [0.2, 0.25) is 0 Å². The molecule has 25 heavy (non-hydrogen) atoms. The highest BCUT2D eigenvalue weighted by molar-refractivity contribution is 5.74. The summed E-state index contributed by atoms with van der Waals surface area (Å²) in [6.07, 6.45) is 2.43. The lowest BCUT2D eigenvalue weighted by atomic mass is 10.1. The molecule has 1 aromatic heterocycles. The van der Waals surface area contributed by atoms with Gasteiger partial charge in [0.25, 0.3) is 0 Å². The number of morpholine rings is 1. The fraction of sp³-hybridized carbons (Fsp3) is 0.474. The number of carbonyl (C=O) groups excluding carboxylic acids is 1. The molecule has 1 aliphatic rings. The van der Waals surface area contributed by atoms with E-state index in [1.165, 1.54) is 5.56 Å². The number of aromatic nitrogens is 1. The van der Waals surface area contributed by atoms with Gasteiger partial charge >= 0.3 is 6.03 Å². The number of oxazole rings is 1. The second-order valence-electron chi connectivity index (χ2n) is 6.65. The van der Waals surface area contributed by atoms with Crippen LogP contribution in [-0.2, 0) is 11.2 Å². The van der Waals surface area contributed by atoms with Crippen LogP contribution in [0.4, 0.5) is 4.79 Å². The summed E-state index contributed by atoms with van der Waals surface area (Å²) in [7, 11) is 0. The second-order valence-corrected chi connectivity index (χ2v) is 6.65. The van der Waals surface area contributed by atoms with E-state index >= 15 is 0 Å². The van der Waals surface area contributed by atoms with Crippen molar-refractivity contribution in [2.24, 2.45) is 0 Å². The zero-order chi connectivity index (χ0) is 17.8.